The number of carbonyl (C=O) groups is 2. The first-order chi connectivity index (χ1) is 11.5. The molecule has 0 spiro atoms. The molecule has 1 aliphatic rings. The Morgan fingerprint density at radius 3 is 2.29 bits per heavy atom. The van der Waals surface area contributed by atoms with Crippen molar-refractivity contribution in [1.29, 1.82) is 0 Å². The molecule has 124 valence electrons. The highest BCUT2D eigenvalue weighted by molar-refractivity contribution is 6.03. The van der Waals surface area contributed by atoms with Crippen LogP contribution in [0.4, 0.5) is 5.69 Å². The van der Waals surface area contributed by atoms with Crippen LogP contribution in [0, 0.1) is 11.8 Å². The van der Waals surface area contributed by atoms with E-state index in [1.807, 2.05) is 56.3 Å². The lowest BCUT2D eigenvalue weighted by atomic mass is 9.76. The standard InChI is InChI=1S/C20H21NO3/c1-12-10-16(17(20(23)24)11-13(12)2)19(22)21-18-9-5-7-14-6-3-4-8-15(14)18/h3-9,16-17H,10-11H2,1-2H3,(H,21,22)(H,23,24)/p-1/t16-,17+/m1/s1. The smallest absolute Gasteiger partial charge is 0.228 e. The quantitative estimate of drug-likeness (QED) is 0.883. The second-order valence-electron chi connectivity index (χ2n) is 6.52. The maximum Gasteiger partial charge on any atom is 0.228 e. The van der Waals surface area contributed by atoms with Gasteiger partial charge in [0.2, 0.25) is 5.91 Å². The second-order valence-corrected chi connectivity index (χ2v) is 6.52. The molecule has 0 fully saturated rings. The largest absolute Gasteiger partial charge is 0.550 e. The molecule has 1 N–H and O–H groups in total. The van der Waals surface area contributed by atoms with E-state index >= 15 is 0 Å². The Bertz CT molecular complexity index is 832. The van der Waals surface area contributed by atoms with Crippen LogP contribution in [-0.4, -0.2) is 11.9 Å². The Balaban J connectivity index is 1.89. The lowest BCUT2D eigenvalue weighted by molar-refractivity contribution is -0.313. The zero-order chi connectivity index (χ0) is 17.3. The summed E-state index contributed by atoms with van der Waals surface area (Å²) in [7, 11) is 0. The highest BCUT2D eigenvalue weighted by atomic mass is 16.4. The van der Waals surface area contributed by atoms with Gasteiger partial charge in [-0.05, 0) is 38.1 Å². The molecular weight excluding hydrogens is 302 g/mol. The van der Waals surface area contributed by atoms with Crippen LogP contribution in [0.1, 0.15) is 26.7 Å². The summed E-state index contributed by atoms with van der Waals surface area (Å²) in [6, 6.07) is 13.5. The van der Waals surface area contributed by atoms with E-state index in [2.05, 4.69) is 5.32 Å². The fraction of sp³-hybridized carbons (Fsp3) is 0.300. The summed E-state index contributed by atoms with van der Waals surface area (Å²) in [5.74, 6) is -2.78. The number of nitrogens with one attached hydrogen (secondary N) is 1. The number of hydrogen-bond donors (Lipinski definition) is 1. The van der Waals surface area contributed by atoms with E-state index in [1.165, 1.54) is 0 Å². The summed E-state index contributed by atoms with van der Waals surface area (Å²) in [5, 5.41) is 16.4. The molecule has 4 heteroatoms. The number of carboxylic acid groups (broad SMARTS) is 1. The average molecular weight is 322 g/mol. The third-order valence-corrected chi connectivity index (χ3v) is 4.95. The first-order valence-corrected chi connectivity index (χ1v) is 8.12. The van der Waals surface area contributed by atoms with Crippen LogP contribution in [-0.2, 0) is 9.59 Å². The third-order valence-electron chi connectivity index (χ3n) is 4.95. The van der Waals surface area contributed by atoms with Crippen LogP contribution in [0.25, 0.3) is 10.8 Å². The molecular formula is C20H20NO3-. The molecule has 0 saturated heterocycles. The van der Waals surface area contributed by atoms with Crippen molar-refractivity contribution in [2.45, 2.75) is 26.7 Å². The number of aliphatic carboxylic acids is 1. The average Bonchev–Trinajstić information content (AvgIpc) is 2.57. The Labute approximate surface area is 141 Å². The molecule has 0 heterocycles. The number of carboxylic acids is 1. The first-order valence-electron chi connectivity index (χ1n) is 8.12. The monoisotopic (exact) mass is 322 g/mol. The van der Waals surface area contributed by atoms with Crippen LogP contribution in [0.15, 0.2) is 53.6 Å². The second kappa shape index (κ2) is 6.48. The minimum Gasteiger partial charge on any atom is -0.550 e. The molecule has 1 amide bonds. The lowest BCUT2D eigenvalue weighted by Crippen LogP contribution is -2.42. The van der Waals surface area contributed by atoms with Crippen LogP contribution in [0.3, 0.4) is 0 Å². The molecule has 4 nitrogen and oxygen atoms in total. The van der Waals surface area contributed by atoms with E-state index < -0.39 is 17.8 Å². The molecule has 2 aromatic carbocycles. The summed E-state index contributed by atoms with van der Waals surface area (Å²) in [6.07, 6.45) is 0.836. The van der Waals surface area contributed by atoms with E-state index in [-0.39, 0.29) is 5.91 Å². The Hall–Kier alpha value is -2.62. The zero-order valence-electron chi connectivity index (χ0n) is 13.8. The molecule has 0 unspecified atom stereocenters. The fourth-order valence-corrected chi connectivity index (χ4v) is 3.38. The number of allylic oxidation sites excluding steroid dienone is 2. The third kappa shape index (κ3) is 3.04. The van der Waals surface area contributed by atoms with E-state index in [4.69, 9.17) is 0 Å². The number of fused-ring (bicyclic) bond motifs is 1. The van der Waals surface area contributed by atoms with Crippen molar-refractivity contribution < 1.29 is 14.7 Å². The predicted octanol–water partition coefficient (Wildman–Crippen LogP) is 2.89. The Kier molecular flexibility index (Phi) is 4.38. The van der Waals surface area contributed by atoms with Gasteiger partial charge < -0.3 is 15.2 Å². The molecule has 0 radical (unpaired) electrons. The summed E-state index contributed by atoms with van der Waals surface area (Å²) >= 11 is 0. The number of benzene rings is 2. The van der Waals surface area contributed by atoms with Crippen LogP contribution < -0.4 is 10.4 Å². The van der Waals surface area contributed by atoms with Gasteiger partial charge in [-0.25, -0.2) is 0 Å². The summed E-state index contributed by atoms with van der Waals surface area (Å²) < 4.78 is 0. The van der Waals surface area contributed by atoms with Crippen molar-refractivity contribution in [2.75, 3.05) is 5.32 Å². The zero-order valence-corrected chi connectivity index (χ0v) is 13.8. The molecule has 2 aromatic rings. The summed E-state index contributed by atoms with van der Waals surface area (Å²) in [5.41, 5.74) is 2.84. The van der Waals surface area contributed by atoms with Gasteiger partial charge in [-0.2, -0.15) is 0 Å². The molecule has 0 aromatic heterocycles. The maximum absolute atomic E-state index is 12.8. The van der Waals surface area contributed by atoms with Crippen molar-refractivity contribution in [3.05, 3.63) is 53.6 Å². The van der Waals surface area contributed by atoms with Gasteiger partial charge in [0, 0.05) is 23.0 Å². The van der Waals surface area contributed by atoms with Gasteiger partial charge in [0.25, 0.3) is 0 Å². The van der Waals surface area contributed by atoms with E-state index in [1.54, 1.807) is 0 Å². The van der Waals surface area contributed by atoms with Gasteiger partial charge in [0.15, 0.2) is 0 Å². The topological polar surface area (TPSA) is 69.2 Å². The van der Waals surface area contributed by atoms with Gasteiger partial charge >= 0.3 is 0 Å². The SMILES string of the molecule is CC1=C(C)C[C@@H](C(=O)Nc2cccc3ccccc23)[C@@H](C(=O)[O-])C1. The number of hydrogen-bond acceptors (Lipinski definition) is 3. The van der Waals surface area contributed by atoms with Crippen LogP contribution in [0.2, 0.25) is 0 Å². The minimum absolute atomic E-state index is 0.257. The number of carbonyl (C=O) groups excluding carboxylic acids is 2. The maximum atomic E-state index is 12.8. The van der Waals surface area contributed by atoms with Gasteiger partial charge in [-0.1, -0.05) is 47.5 Å². The molecule has 1 aliphatic carbocycles. The fourth-order valence-electron chi connectivity index (χ4n) is 3.38. The molecule has 2 atom stereocenters. The van der Waals surface area contributed by atoms with E-state index in [0.717, 1.165) is 21.9 Å². The Morgan fingerprint density at radius 2 is 1.58 bits per heavy atom. The van der Waals surface area contributed by atoms with E-state index in [9.17, 15) is 14.7 Å². The lowest BCUT2D eigenvalue weighted by Gasteiger charge is -2.32. The summed E-state index contributed by atoms with van der Waals surface area (Å²) in [4.78, 5) is 24.2. The molecule has 0 saturated carbocycles. The number of amides is 1. The van der Waals surface area contributed by atoms with Crippen molar-refractivity contribution >= 4 is 28.3 Å². The van der Waals surface area contributed by atoms with Crippen molar-refractivity contribution in [3.8, 4) is 0 Å². The minimum atomic E-state index is -1.15. The van der Waals surface area contributed by atoms with Gasteiger partial charge in [0.05, 0.1) is 5.92 Å². The molecule has 0 bridgehead atoms. The number of anilines is 1. The molecule has 3 rings (SSSR count). The van der Waals surface area contributed by atoms with Gasteiger partial charge in [0.1, 0.15) is 0 Å². The van der Waals surface area contributed by atoms with Crippen LogP contribution >= 0.6 is 0 Å². The first kappa shape index (κ1) is 16.2. The van der Waals surface area contributed by atoms with Crippen molar-refractivity contribution in [2.24, 2.45) is 11.8 Å². The van der Waals surface area contributed by atoms with Crippen LogP contribution in [0.5, 0.6) is 0 Å². The van der Waals surface area contributed by atoms with E-state index in [0.29, 0.717) is 18.5 Å². The highest BCUT2D eigenvalue weighted by Gasteiger charge is 2.33. The van der Waals surface area contributed by atoms with Crippen molar-refractivity contribution in [3.63, 3.8) is 0 Å². The van der Waals surface area contributed by atoms with Gasteiger partial charge in [-0.15, -0.1) is 0 Å². The van der Waals surface area contributed by atoms with Crippen molar-refractivity contribution in [1.82, 2.24) is 0 Å². The Morgan fingerprint density at radius 1 is 0.958 bits per heavy atom. The van der Waals surface area contributed by atoms with Gasteiger partial charge in [-0.3, -0.25) is 4.79 Å². The highest BCUT2D eigenvalue weighted by Crippen LogP contribution is 2.35. The normalized spacial score (nSPS) is 20.9. The predicted molar refractivity (Wildman–Crippen MR) is 92.2 cm³/mol. The number of rotatable bonds is 3. The summed E-state index contributed by atoms with van der Waals surface area (Å²) in [6.45, 7) is 3.88. The molecule has 24 heavy (non-hydrogen) atoms. The molecule has 0 aliphatic heterocycles.